The molecule has 28 heavy (non-hydrogen) atoms. The maximum atomic E-state index is 14.0. The Hall–Kier alpha value is -2.19. The van der Waals surface area contributed by atoms with Gasteiger partial charge in [-0.2, -0.15) is 4.31 Å². The van der Waals surface area contributed by atoms with Crippen molar-refractivity contribution in [2.45, 2.75) is 43.2 Å². The normalized spacial score (nSPS) is 18.9. The fourth-order valence-electron chi connectivity index (χ4n) is 3.71. The van der Waals surface area contributed by atoms with Crippen LogP contribution < -0.4 is 0 Å². The van der Waals surface area contributed by atoms with Gasteiger partial charge in [-0.15, -0.1) is 0 Å². The zero-order chi connectivity index (χ0) is 19.7. The van der Waals surface area contributed by atoms with E-state index >= 15 is 0 Å². The summed E-state index contributed by atoms with van der Waals surface area (Å²) in [5.41, 5.74) is 0. The van der Waals surface area contributed by atoms with E-state index in [4.69, 9.17) is 4.42 Å². The maximum Gasteiger partial charge on any atom is 0.245 e. The summed E-state index contributed by atoms with van der Waals surface area (Å²) >= 11 is 0. The summed E-state index contributed by atoms with van der Waals surface area (Å²) in [4.78, 5) is 14.6. The number of halogens is 1. The molecule has 1 aliphatic carbocycles. The number of furan rings is 1. The molecule has 1 aromatic carbocycles. The van der Waals surface area contributed by atoms with Crippen LogP contribution in [0.2, 0.25) is 0 Å². The molecule has 2 aliphatic rings. The third-order valence-electron chi connectivity index (χ3n) is 5.43. The van der Waals surface area contributed by atoms with Gasteiger partial charge in [-0.1, -0.05) is 12.1 Å². The molecule has 0 radical (unpaired) electrons. The Morgan fingerprint density at radius 1 is 1.11 bits per heavy atom. The summed E-state index contributed by atoms with van der Waals surface area (Å²) in [6, 6.07) is 9.30. The first-order chi connectivity index (χ1) is 13.5. The summed E-state index contributed by atoms with van der Waals surface area (Å²) in [6.07, 6.45) is 4.46. The van der Waals surface area contributed by atoms with Gasteiger partial charge in [0.2, 0.25) is 15.9 Å². The Balaban J connectivity index is 1.42. The molecule has 0 bridgehead atoms. The highest BCUT2D eigenvalue weighted by Crippen LogP contribution is 2.33. The molecule has 0 spiro atoms. The number of benzene rings is 1. The van der Waals surface area contributed by atoms with Crippen LogP contribution in [0.5, 0.6) is 0 Å². The fraction of sp³-hybridized carbons (Fsp3) is 0.450. The molecule has 4 rings (SSSR count). The highest BCUT2D eigenvalue weighted by Gasteiger charge is 2.39. The van der Waals surface area contributed by atoms with Crippen molar-refractivity contribution in [3.63, 3.8) is 0 Å². The lowest BCUT2D eigenvalue weighted by Gasteiger charge is -2.33. The molecule has 0 N–H and O–H groups in total. The minimum absolute atomic E-state index is 0.0573. The molecule has 0 atom stereocenters. The van der Waals surface area contributed by atoms with Crippen molar-refractivity contribution in [1.82, 2.24) is 9.21 Å². The molecule has 1 aromatic heterocycles. The number of nitrogens with zero attached hydrogens (tertiary/aromatic N) is 2. The van der Waals surface area contributed by atoms with Crippen molar-refractivity contribution >= 4 is 15.9 Å². The van der Waals surface area contributed by atoms with Crippen LogP contribution in [0.1, 0.15) is 31.4 Å². The van der Waals surface area contributed by atoms with Crippen molar-refractivity contribution in [3.05, 3.63) is 54.2 Å². The van der Waals surface area contributed by atoms with Gasteiger partial charge < -0.3 is 9.32 Å². The van der Waals surface area contributed by atoms with Gasteiger partial charge in [0.05, 0.1) is 12.8 Å². The average Bonchev–Trinajstić information content (AvgIpc) is 3.41. The van der Waals surface area contributed by atoms with E-state index in [2.05, 4.69) is 0 Å². The van der Waals surface area contributed by atoms with E-state index in [1.54, 1.807) is 12.3 Å². The number of rotatable bonds is 6. The monoisotopic (exact) mass is 406 g/mol. The van der Waals surface area contributed by atoms with Crippen molar-refractivity contribution in [2.24, 2.45) is 5.92 Å². The van der Waals surface area contributed by atoms with E-state index in [0.717, 1.165) is 24.7 Å². The highest BCUT2D eigenvalue weighted by atomic mass is 32.2. The van der Waals surface area contributed by atoms with Crippen molar-refractivity contribution in [1.29, 1.82) is 0 Å². The summed E-state index contributed by atoms with van der Waals surface area (Å²) in [7, 11) is -3.89. The van der Waals surface area contributed by atoms with Gasteiger partial charge in [0, 0.05) is 25.0 Å². The predicted octanol–water partition coefficient (Wildman–Crippen LogP) is 3.01. The predicted molar refractivity (Wildman–Crippen MR) is 100 cm³/mol. The lowest BCUT2D eigenvalue weighted by atomic mass is 9.96. The Morgan fingerprint density at radius 3 is 2.43 bits per heavy atom. The van der Waals surface area contributed by atoms with Crippen LogP contribution in [0.15, 0.2) is 52.0 Å². The van der Waals surface area contributed by atoms with Crippen LogP contribution in [-0.2, 0) is 21.4 Å². The standard InChI is InChI=1S/C20H23FN2O4S/c21-18-5-1-2-6-19(18)28(25,26)22-11-9-15(10-12-22)20(24)23(16-7-8-16)14-17-4-3-13-27-17/h1-6,13,15-16H,7-12,14H2. The fourth-order valence-corrected chi connectivity index (χ4v) is 5.25. The highest BCUT2D eigenvalue weighted by molar-refractivity contribution is 7.89. The number of hydrogen-bond donors (Lipinski definition) is 0. The minimum Gasteiger partial charge on any atom is -0.467 e. The van der Waals surface area contributed by atoms with Gasteiger partial charge >= 0.3 is 0 Å². The van der Waals surface area contributed by atoms with Crippen LogP contribution >= 0.6 is 0 Å². The number of carbonyl (C=O) groups excluding carboxylic acids is 1. The molecule has 150 valence electrons. The van der Waals surface area contributed by atoms with Crippen molar-refractivity contribution in [3.8, 4) is 0 Å². The molecular formula is C20H23FN2O4S. The zero-order valence-corrected chi connectivity index (χ0v) is 16.3. The molecule has 1 saturated heterocycles. The molecule has 1 aliphatic heterocycles. The minimum atomic E-state index is -3.89. The van der Waals surface area contributed by atoms with Gasteiger partial charge in [-0.05, 0) is 49.9 Å². The first-order valence-corrected chi connectivity index (χ1v) is 11.0. The first kappa shape index (κ1) is 19.1. The van der Waals surface area contributed by atoms with Gasteiger partial charge in [0.15, 0.2) is 0 Å². The molecule has 2 fully saturated rings. The van der Waals surface area contributed by atoms with Gasteiger partial charge in [-0.3, -0.25) is 4.79 Å². The Kier molecular flexibility index (Phi) is 5.25. The molecule has 1 amide bonds. The van der Waals surface area contributed by atoms with Gasteiger partial charge in [0.25, 0.3) is 0 Å². The molecular weight excluding hydrogens is 383 g/mol. The average molecular weight is 406 g/mol. The van der Waals surface area contributed by atoms with E-state index in [1.165, 1.54) is 22.5 Å². The quantitative estimate of drug-likeness (QED) is 0.739. The maximum absolute atomic E-state index is 14.0. The van der Waals surface area contributed by atoms with Crippen molar-refractivity contribution in [2.75, 3.05) is 13.1 Å². The third kappa shape index (κ3) is 3.84. The van der Waals surface area contributed by atoms with E-state index in [1.807, 2.05) is 11.0 Å². The first-order valence-electron chi connectivity index (χ1n) is 9.54. The summed E-state index contributed by atoms with van der Waals surface area (Å²) in [5, 5.41) is 0. The zero-order valence-electron chi connectivity index (χ0n) is 15.5. The lowest BCUT2D eigenvalue weighted by molar-refractivity contribution is -0.138. The second kappa shape index (κ2) is 7.67. The molecule has 1 saturated carbocycles. The number of hydrogen-bond acceptors (Lipinski definition) is 4. The largest absolute Gasteiger partial charge is 0.467 e. The van der Waals surface area contributed by atoms with Crippen LogP contribution in [0.4, 0.5) is 4.39 Å². The van der Waals surface area contributed by atoms with Crippen LogP contribution in [-0.4, -0.2) is 42.7 Å². The smallest absolute Gasteiger partial charge is 0.245 e. The summed E-state index contributed by atoms with van der Waals surface area (Å²) in [6.45, 7) is 0.878. The van der Waals surface area contributed by atoms with Crippen LogP contribution in [0, 0.1) is 11.7 Å². The van der Waals surface area contributed by atoms with Crippen LogP contribution in [0.25, 0.3) is 0 Å². The van der Waals surface area contributed by atoms with E-state index in [0.29, 0.717) is 19.4 Å². The van der Waals surface area contributed by atoms with Gasteiger partial charge in [-0.25, -0.2) is 12.8 Å². The number of carbonyl (C=O) groups is 1. The third-order valence-corrected chi connectivity index (χ3v) is 7.37. The summed E-state index contributed by atoms with van der Waals surface area (Å²) < 4.78 is 46.1. The molecule has 8 heteroatoms. The van der Waals surface area contributed by atoms with E-state index in [-0.39, 0.29) is 35.9 Å². The molecule has 2 heterocycles. The summed E-state index contributed by atoms with van der Waals surface area (Å²) in [5.74, 6) is -0.164. The van der Waals surface area contributed by atoms with E-state index in [9.17, 15) is 17.6 Å². The van der Waals surface area contributed by atoms with Crippen LogP contribution in [0.3, 0.4) is 0 Å². The van der Waals surface area contributed by atoms with E-state index < -0.39 is 15.8 Å². The number of amides is 1. The number of sulfonamides is 1. The lowest BCUT2D eigenvalue weighted by Crippen LogP contribution is -2.45. The Labute approximate surface area is 164 Å². The van der Waals surface area contributed by atoms with Gasteiger partial charge in [0.1, 0.15) is 16.5 Å². The molecule has 6 nitrogen and oxygen atoms in total. The second-order valence-corrected chi connectivity index (χ2v) is 9.29. The topological polar surface area (TPSA) is 70.8 Å². The Morgan fingerprint density at radius 2 is 1.82 bits per heavy atom. The Bertz CT molecular complexity index is 933. The van der Waals surface area contributed by atoms with Crippen molar-refractivity contribution < 1.29 is 22.0 Å². The number of piperidine rings is 1. The molecule has 2 aromatic rings. The second-order valence-electron chi connectivity index (χ2n) is 7.39. The SMILES string of the molecule is O=C(C1CCN(S(=O)(=O)c2ccccc2F)CC1)N(Cc1ccco1)C1CC1. The molecule has 0 unspecified atom stereocenters.